The maximum atomic E-state index is 12.7. The Kier molecular flexibility index (Phi) is 5.91. The summed E-state index contributed by atoms with van der Waals surface area (Å²) in [5.74, 6) is -1.18. The van der Waals surface area contributed by atoms with Crippen molar-refractivity contribution in [2.75, 3.05) is 6.61 Å². The van der Waals surface area contributed by atoms with E-state index < -0.39 is 22.8 Å². The van der Waals surface area contributed by atoms with E-state index in [0.717, 1.165) is 6.42 Å². The lowest BCUT2D eigenvalue weighted by Crippen LogP contribution is -2.76. The normalized spacial score (nSPS) is 25.0. The number of carbonyl (C=O) groups excluding carboxylic acids is 1. The van der Waals surface area contributed by atoms with E-state index >= 15 is 0 Å². The van der Waals surface area contributed by atoms with E-state index in [1.54, 1.807) is 19.9 Å². The summed E-state index contributed by atoms with van der Waals surface area (Å²) in [6, 6.07) is 3.07. The summed E-state index contributed by atoms with van der Waals surface area (Å²) in [6.07, 6.45) is 2.28. The number of carbonyl (C=O) groups is 2. The van der Waals surface area contributed by atoms with E-state index in [1.165, 1.54) is 12.3 Å². The number of aromatic nitrogens is 1. The van der Waals surface area contributed by atoms with Crippen molar-refractivity contribution in [2.45, 2.75) is 65.2 Å². The molecule has 0 radical (unpaired) electrons. The number of nitrogens with zero attached hydrogens (tertiary/aromatic N) is 1. The van der Waals surface area contributed by atoms with Crippen molar-refractivity contribution in [3.05, 3.63) is 23.9 Å². The third-order valence-electron chi connectivity index (χ3n) is 5.35. The first kappa shape index (κ1) is 20.2. The van der Waals surface area contributed by atoms with Crippen molar-refractivity contribution < 1.29 is 24.2 Å². The van der Waals surface area contributed by atoms with Gasteiger partial charge in [0.15, 0.2) is 0 Å². The second kappa shape index (κ2) is 7.61. The van der Waals surface area contributed by atoms with Crippen molar-refractivity contribution in [1.29, 1.82) is 0 Å². The lowest BCUT2D eigenvalue weighted by Gasteiger charge is -2.58. The predicted octanol–water partition coefficient (Wildman–Crippen LogP) is 2.65. The lowest BCUT2D eigenvalue weighted by atomic mass is 9.54. The first-order chi connectivity index (χ1) is 12.2. The van der Waals surface area contributed by atoms with Gasteiger partial charge < -0.3 is 19.9 Å². The first-order valence-corrected chi connectivity index (χ1v) is 8.98. The van der Waals surface area contributed by atoms with Gasteiger partial charge in [0.25, 0.3) is 5.91 Å². The zero-order chi connectivity index (χ0) is 19.5. The fourth-order valence-electron chi connectivity index (χ4n) is 3.21. The minimum Gasteiger partial charge on any atom is -0.479 e. The molecular formula is C19H28N2O5. The van der Waals surface area contributed by atoms with E-state index in [2.05, 4.69) is 10.3 Å². The number of carboxylic acid groups (broad SMARTS) is 1. The van der Waals surface area contributed by atoms with Gasteiger partial charge in [-0.05, 0) is 26.3 Å². The van der Waals surface area contributed by atoms with Crippen molar-refractivity contribution in [2.24, 2.45) is 5.41 Å². The standard InChI is InChI=1S/C19H28N2O5/c1-6-12(3)26-15-10-13(8-9-20-15)16(22)21-19(17(23)24)11-14(25-7-2)18(19,4)5/h8-10,12,14H,6-7,11H2,1-5H3,(H,21,22)(H,23,24). The molecule has 0 aromatic carbocycles. The number of aliphatic carboxylic acids is 1. The van der Waals surface area contributed by atoms with Crippen LogP contribution in [0.25, 0.3) is 0 Å². The molecule has 2 N–H and O–H groups in total. The molecule has 0 saturated heterocycles. The van der Waals surface area contributed by atoms with Crippen LogP contribution < -0.4 is 10.1 Å². The van der Waals surface area contributed by atoms with Gasteiger partial charge in [-0.15, -0.1) is 0 Å². The first-order valence-electron chi connectivity index (χ1n) is 8.98. The van der Waals surface area contributed by atoms with Crippen LogP contribution in [0.15, 0.2) is 18.3 Å². The summed E-state index contributed by atoms with van der Waals surface area (Å²) in [6.45, 7) is 9.87. The molecule has 1 aliphatic rings. The van der Waals surface area contributed by atoms with Crippen LogP contribution in [0.1, 0.15) is 57.8 Å². The molecule has 0 aliphatic heterocycles. The van der Waals surface area contributed by atoms with Crippen LogP contribution in [0.2, 0.25) is 0 Å². The molecule has 7 heteroatoms. The summed E-state index contributed by atoms with van der Waals surface area (Å²) in [7, 11) is 0. The molecule has 2 rings (SSSR count). The second-order valence-corrected chi connectivity index (χ2v) is 7.25. The quantitative estimate of drug-likeness (QED) is 0.736. The average Bonchev–Trinajstić information content (AvgIpc) is 2.60. The number of nitrogens with one attached hydrogen (secondary N) is 1. The fourth-order valence-corrected chi connectivity index (χ4v) is 3.21. The van der Waals surface area contributed by atoms with Crippen LogP contribution >= 0.6 is 0 Å². The van der Waals surface area contributed by atoms with E-state index in [1.807, 2.05) is 20.8 Å². The van der Waals surface area contributed by atoms with Crippen LogP contribution in [-0.2, 0) is 9.53 Å². The Balaban J connectivity index is 2.20. The summed E-state index contributed by atoms with van der Waals surface area (Å²) in [4.78, 5) is 28.8. The average molecular weight is 364 g/mol. The fraction of sp³-hybridized carbons (Fsp3) is 0.632. The maximum absolute atomic E-state index is 12.7. The molecule has 1 saturated carbocycles. The topological polar surface area (TPSA) is 97.8 Å². The van der Waals surface area contributed by atoms with Gasteiger partial charge in [0.1, 0.15) is 5.54 Å². The number of hydrogen-bond donors (Lipinski definition) is 2. The molecular weight excluding hydrogens is 336 g/mol. The third kappa shape index (κ3) is 3.53. The van der Waals surface area contributed by atoms with Gasteiger partial charge >= 0.3 is 5.97 Å². The van der Waals surface area contributed by atoms with E-state index in [9.17, 15) is 14.7 Å². The highest BCUT2D eigenvalue weighted by molar-refractivity contribution is 5.98. The molecule has 7 nitrogen and oxygen atoms in total. The molecule has 1 aliphatic carbocycles. The van der Waals surface area contributed by atoms with Crippen molar-refractivity contribution in [3.63, 3.8) is 0 Å². The molecule has 3 unspecified atom stereocenters. The third-order valence-corrected chi connectivity index (χ3v) is 5.35. The highest BCUT2D eigenvalue weighted by atomic mass is 16.5. The zero-order valence-electron chi connectivity index (χ0n) is 16.0. The Morgan fingerprint density at radius 1 is 1.42 bits per heavy atom. The second-order valence-electron chi connectivity index (χ2n) is 7.25. The summed E-state index contributed by atoms with van der Waals surface area (Å²) >= 11 is 0. The highest BCUT2D eigenvalue weighted by Gasteiger charge is 2.66. The highest BCUT2D eigenvalue weighted by Crippen LogP contribution is 2.51. The van der Waals surface area contributed by atoms with E-state index in [-0.39, 0.29) is 18.6 Å². The number of ether oxygens (including phenoxy) is 2. The summed E-state index contributed by atoms with van der Waals surface area (Å²) < 4.78 is 11.3. The molecule has 1 amide bonds. The summed E-state index contributed by atoms with van der Waals surface area (Å²) in [5.41, 5.74) is -1.78. The van der Waals surface area contributed by atoms with Gasteiger partial charge in [-0.1, -0.05) is 20.8 Å². The van der Waals surface area contributed by atoms with Gasteiger partial charge in [0, 0.05) is 36.3 Å². The van der Waals surface area contributed by atoms with E-state index in [0.29, 0.717) is 18.1 Å². The molecule has 144 valence electrons. The molecule has 1 heterocycles. The number of pyridine rings is 1. The Hall–Kier alpha value is -2.15. The monoisotopic (exact) mass is 364 g/mol. The number of carboxylic acids is 1. The lowest BCUT2D eigenvalue weighted by molar-refractivity contribution is -0.190. The SMILES string of the molecule is CCOC1CC(NC(=O)c2ccnc(OC(C)CC)c2)(C(=O)O)C1(C)C. The van der Waals surface area contributed by atoms with Crippen LogP contribution in [0.3, 0.4) is 0 Å². The van der Waals surface area contributed by atoms with Gasteiger partial charge in [-0.25, -0.2) is 9.78 Å². The Bertz CT molecular complexity index is 676. The molecule has 1 fully saturated rings. The van der Waals surface area contributed by atoms with Crippen LogP contribution in [0, 0.1) is 5.41 Å². The van der Waals surface area contributed by atoms with Gasteiger partial charge in [-0.3, -0.25) is 4.79 Å². The van der Waals surface area contributed by atoms with Crippen LogP contribution in [0.5, 0.6) is 5.88 Å². The van der Waals surface area contributed by atoms with Crippen molar-refractivity contribution in [1.82, 2.24) is 10.3 Å². The Labute approximate surface area is 154 Å². The molecule has 0 spiro atoms. The largest absolute Gasteiger partial charge is 0.479 e. The van der Waals surface area contributed by atoms with Crippen molar-refractivity contribution >= 4 is 11.9 Å². The molecule has 0 bridgehead atoms. The minimum atomic E-state index is -1.37. The van der Waals surface area contributed by atoms with E-state index in [4.69, 9.17) is 9.47 Å². The molecule has 1 aromatic heterocycles. The summed E-state index contributed by atoms with van der Waals surface area (Å²) in [5, 5.41) is 12.5. The number of rotatable bonds is 8. The van der Waals surface area contributed by atoms with Gasteiger partial charge in [0.2, 0.25) is 5.88 Å². The molecule has 1 aromatic rings. The zero-order valence-corrected chi connectivity index (χ0v) is 16.0. The maximum Gasteiger partial charge on any atom is 0.330 e. The number of amides is 1. The van der Waals surface area contributed by atoms with Crippen LogP contribution in [-0.4, -0.2) is 46.3 Å². The Morgan fingerprint density at radius 3 is 2.65 bits per heavy atom. The number of hydrogen-bond acceptors (Lipinski definition) is 5. The van der Waals surface area contributed by atoms with Crippen molar-refractivity contribution in [3.8, 4) is 5.88 Å². The smallest absolute Gasteiger partial charge is 0.330 e. The molecule has 3 atom stereocenters. The van der Waals surface area contributed by atoms with Crippen LogP contribution in [0.4, 0.5) is 0 Å². The Morgan fingerprint density at radius 2 is 2.12 bits per heavy atom. The van der Waals surface area contributed by atoms with Gasteiger partial charge in [-0.2, -0.15) is 0 Å². The van der Waals surface area contributed by atoms with Gasteiger partial charge in [0.05, 0.1) is 12.2 Å². The minimum absolute atomic E-state index is 0.0244. The molecule has 26 heavy (non-hydrogen) atoms. The predicted molar refractivity (Wildman–Crippen MR) is 96.3 cm³/mol.